The first-order valence-corrected chi connectivity index (χ1v) is 2.56. The Hall–Kier alpha value is 0.340. The van der Waals surface area contributed by atoms with Crippen LogP contribution in [0.25, 0.3) is 0 Å². The molecule has 1 atom stereocenters. The molecule has 3 heteroatoms. The molecule has 0 radical (unpaired) electrons. The largest absolute Gasteiger partial charge is 0.261 e. The van der Waals surface area contributed by atoms with Crippen molar-refractivity contribution in [3.63, 3.8) is 0 Å². The second-order valence-electron chi connectivity index (χ2n) is 1.43. The van der Waals surface area contributed by atoms with Gasteiger partial charge in [-0.1, -0.05) is 15.9 Å². The number of hydrogen-bond acceptors (Lipinski definition) is 0. The maximum Gasteiger partial charge on any atom is 0.261 e. The van der Waals surface area contributed by atoms with Crippen LogP contribution in [0, 0.1) is 0 Å². The minimum atomic E-state index is -2.38. The predicted octanol–water partition coefficient (Wildman–Crippen LogP) is 1.79. The van der Waals surface area contributed by atoms with Gasteiger partial charge >= 0.3 is 0 Å². The average Bonchev–Trinajstić information content (AvgIpc) is 1.73. The highest BCUT2D eigenvalue weighted by Crippen LogP contribution is 2.47. The zero-order valence-corrected chi connectivity index (χ0v) is 4.50. The topological polar surface area (TPSA) is 0 Å². The summed E-state index contributed by atoms with van der Waals surface area (Å²) in [7, 11) is 0. The lowest BCUT2D eigenvalue weighted by molar-refractivity contribution is 0.123. The Morgan fingerprint density at radius 3 is 1.83 bits per heavy atom. The fraction of sp³-hybridized carbons (Fsp3) is 1.00. The second kappa shape index (κ2) is 0.941. The Balaban J connectivity index is 2.41. The first-order chi connectivity index (χ1) is 2.63. The molecule has 1 aliphatic rings. The summed E-state index contributed by atoms with van der Waals surface area (Å²) in [5.41, 5.74) is 0. The summed E-state index contributed by atoms with van der Waals surface area (Å²) in [6.45, 7) is 0. The van der Waals surface area contributed by atoms with Crippen molar-refractivity contribution in [2.75, 3.05) is 0 Å². The van der Waals surface area contributed by atoms with Crippen LogP contribution in [-0.4, -0.2) is 10.7 Å². The van der Waals surface area contributed by atoms with E-state index < -0.39 is 10.7 Å². The summed E-state index contributed by atoms with van der Waals surface area (Å²) >= 11 is 2.75. The highest BCUT2D eigenvalue weighted by molar-refractivity contribution is 9.09. The molecule has 0 spiro atoms. The summed E-state index contributed by atoms with van der Waals surface area (Å²) in [6, 6.07) is 0. The summed E-state index contributed by atoms with van der Waals surface area (Å²) in [6.07, 6.45) is 0.0208. The van der Waals surface area contributed by atoms with Gasteiger partial charge < -0.3 is 0 Å². The molecule has 0 saturated heterocycles. The van der Waals surface area contributed by atoms with Crippen LogP contribution >= 0.6 is 15.9 Å². The first-order valence-electron chi connectivity index (χ1n) is 1.65. The molecular formula is C3H3BrF2. The van der Waals surface area contributed by atoms with Crippen molar-refractivity contribution in [3.05, 3.63) is 0 Å². The second-order valence-corrected chi connectivity index (χ2v) is 2.54. The van der Waals surface area contributed by atoms with Gasteiger partial charge in [-0.05, 0) is 0 Å². The molecule has 0 heterocycles. The van der Waals surface area contributed by atoms with Crippen LogP contribution in [0.5, 0.6) is 0 Å². The van der Waals surface area contributed by atoms with E-state index in [9.17, 15) is 8.78 Å². The van der Waals surface area contributed by atoms with Gasteiger partial charge in [0, 0.05) is 6.42 Å². The molecule has 0 bridgehead atoms. The smallest absolute Gasteiger partial charge is 0.206 e. The van der Waals surface area contributed by atoms with E-state index in [4.69, 9.17) is 0 Å². The normalized spacial score (nSPS) is 39.5. The van der Waals surface area contributed by atoms with Gasteiger partial charge in [0.1, 0.15) is 0 Å². The molecule has 1 aliphatic carbocycles. The van der Waals surface area contributed by atoms with Crippen molar-refractivity contribution < 1.29 is 8.78 Å². The predicted molar refractivity (Wildman–Crippen MR) is 22.3 cm³/mol. The van der Waals surface area contributed by atoms with Gasteiger partial charge in [-0.15, -0.1) is 0 Å². The van der Waals surface area contributed by atoms with Crippen LogP contribution in [-0.2, 0) is 0 Å². The van der Waals surface area contributed by atoms with Crippen molar-refractivity contribution in [1.29, 1.82) is 0 Å². The first kappa shape index (κ1) is 4.50. The van der Waals surface area contributed by atoms with Crippen LogP contribution in [0.1, 0.15) is 6.42 Å². The molecule has 0 N–H and O–H groups in total. The van der Waals surface area contributed by atoms with Crippen LogP contribution in [0.3, 0.4) is 0 Å². The highest BCUT2D eigenvalue weighted by Gasteiger charge is 2.55. The highest BCUT2D eigenvalue weighted by atomic mass is 79.9. The minimum Gasteiger partial charge on any atom is -0.206 e. The van der Waals surface area contributed by atoms with E-state index in [0.717, 1.165) is 0 Å². The van der Waals surface area contributed by atoms with Crippen molar-refractivity contribution in [2.24, 2.45) is 0 Å². The summed E-state index contributed by atoms with van der Waals surface area (Å²) in [5, 5.41) is 0. The lowest BCUT2D eigenvalue weighted by atomic mass is 10.8. The maximum atomic E-state index is 11.5. The third-order valence-electron chi connectivity index (χ3n) is 0.750. The molecule has 0 amide bonds. The van der Waals surface area contributed by atoms with Gasteiger partial charge in [-0.3, -0.25) is 0 Å². The molecule has 1 saturated carbocycles. The molecule has 0 aliphatic heterocycles. The van der Waals surface area contributed by atoms with Gasteiger partial charge in [-0.25, -0.2) is 8.78 Å². The van der Waals surface area contributed by atoms with Crippen LogP contribution < -0.4 is 0 Å². The summed E-state index contributed by atoms with van der Waals surface area (Å²) in [5.74, 6) is -2.38. The molecule has 36 valence electrons. The van der Waals surface area contributed by atoms with Gasteiger partial charge in [-0.2, -0.15) is 0 Å². The zero-order chi connectivity index (χ0) is 4.78. The van der Waals surface area contributed by atoms with Crippen LogP contribution in [0.4, 0.5) is 8.78 Å². The molecular weight excluding hydrogens is 154 g/mol. The Morgan fingerprint density at radius 2 is 1.83 bits per heavy atom. The Kier molecular flexibility index (Phi) is 0.705. The minimum absolute atomic E-state index is 0.0208. The van der Waals surface area contributed by atoms with Crippen molar-refractivity contribution >= 4 is 15.9 Å². The Bertz CT molecular complexity index is 71.2. The van der Waals surface area contributed by atoms with Crippen LogP contribution in [0.2, 0.25) is 0 Å². The van der Waals surface area contributed by atoms with E-state index in [1.165, 1.54) is 0 Å². The van der Waals surface area contributed by atoms with E-state index in [1.54, 1.807) is 0 Å². The van der Waals surface area contributed by atoms with Crippen LogP contribution in [0.15, 0.2) is 0 Å². The van der Waals surface area contributed by atoms with E-state index in [2.05, 4.69) is 15.9 Å². The lowest BCUT2D eigenvalue weighted by Crippen LogP contribution is -1.88. The van der Waals surface area contributed by atoms with E-state index in [-0.39, 0.29) is 6.42 Å². The fourth-order valence-corrected chi connectivity index (χ4v) is 0.612. The van der Waals surface area contributed by atoms with Crippen molar-refractivity contribution in [2.45, 2.75) is 17.2 Å². The van der Waals surface area contributed by atoms with Gasteiger partial charge in [0.25, 0.3) is 5.92 Å². The van der Waals surface area contributed by atoms with Gasteiger partial charge in [0.2, 0.25) is 0 Å². The average molecular weight is 157 g/mol. The number of rotatable bonds is 0. The molecule has 0 aromatic heterocycles. The van der Waals surface area contributed by atoms with Gasteiger partial charge in [0.15, 0.2) is 0 Å². The molecule has 6 heavy (non-hydrogen) atoms. The van der Waals surface area contributed by atoms with Crippen molar-refractivity contribution in [1.82, 2.24) is 0 Å². The standard InChI is InChI=1S/C3H3BrF2/c4-2-1-3(2,5)6/h2H,1H2/t2-/m1/s1. The van der Waals surface area contributed by atoms with E-state index >= 15 is 0 Å². The molecule has 1 fully saturated rings. The molecule has 0 aromatic rings. The lowest BCUT2D eigenvalue weighted by Gasteiger charge is -1.80. The van der Waals surface area contributed by atoms with Gasteiger partial charge in [0.05, 0.1) is 4.83 Å². The monoisotopic (exact) mass is 156 g/mol. The fourth-order valence-electron chi connectivity index (χ4n) is 0.180. The molecule has 0 unspecified atom stereocenters. The summed E-state index contributed by atoms with van der Waals surface area (Å²) in [4.78, 5) is -0.523. The summed E-state index contributed by atoms with van der Waals surface area (Å²) < 4.78 is 23.0. The maximum absolute atomic E-state index is 11.5. The molecule has 0 nitrogen and oxygen atoms in total. The zero-order valence-electron chi connectivity index (χ0n) is 2.92. The number of hydrogen-bond donors (Lipinski definition) is 0. The number of alkyl halides is 3. The van der Waals surface area contributed by atoms with E-state index in [1.807, 2.05) is 0 Å². The SMILES string of the molecule is FC1(F)C[C@H]1Br. The number of halogens is 3. The van der Waals surface area contributed by atoms with Crippen molar-refractivity contribution in [3.8, 4) is 0 Å². The quantitative estimate of drug-likeness (QED) is 0.470. The third kappa shape index (κ3) is 0.555. The Morgan fingerprint density at radius 1 is 1.67 bits per heavy atom. The van der Waals surface area contributed by atoms with E-state index in [0.29, 0.717) is 0 Å². The Labute approximate surface area is 42.7 Å². The molecule has 0 aromatic carbocycles. The molecule has 1 rings (SSSR count). The third-order valence-corrected chi connectivity index (χ3v) is 1.74.